The largest absolute Gasteiger partial charge is 0.492 e. The van der Waals surface area contributed by atoms with Gasteiger partial charge in [0.25, 0.3) is 0 Å². The predicted molar refractivity (Wildman–Crippen MR) is 62.5 cm³/mol. The van der Waals surface area contributed by atoms with Crippen LogP contribution in [0.4, 0.5) is 0 Å². The number of fused-ring (bicyclic) bond motifs is 1. The van der Waals surface area contributed by atoms with Crippen LogP contribution in [0.1, 0.15) is 24.0 Å². The van der Waals surface area contributed by atoms with Crippen molar-refractivity contribution in [3.63, 3.8) is 0 Å². The number of halogens is 1. The highest BCUT2D eigenvalue weighted by atomic mass is 35.5. The molecule has 0 radical (unpaired) electrons. The molecule has 2 rings (SSSR count). The van der Waals surface area contributed by atoms with Gasteiger partial charge in [0.1, 0.15) is 5.75 Å². The molecule has 0 amide bonds. The molecule has 1 nitrogen and oxygen atoms in total. The number of hydrogen-bond acceptors (Lipinski definition) is 1. The van der Waals surface area contributed by atoms with Crippen LogP contribution >= 0.6 is 11.6 Å². The van der Waals surface area contributed by atoms with E-state index in [4.69, 9.17) is 16.3 Å². The summed E-state index contributed by atoms with van der Waals surface area (Å²) in [5.74, 6) is 7.92. The zero-order chi connectivity index (χ0) is 10.5. The molecule has 0 N–H and O–H groups in total. The first-order valence-electron chi connectivity index (χ1n) is 5.21. The van der Waals surface area contributed by atoms with Gasteiger partial charge in [-0.05, 0) is 18.1 Å². The van der Waals surface area contributed by atoms with E-state index in [2.05, 4.69) is 17.9 Å². The lowest BCUT2D eigenvalue weighted by Crippen LogP contribution is -1.88. The monoisotopic (exact) mass is 220 g/mol. The highest BCUT2D eigenvalue weighted by Gasteiger charge is 2.14. The minimum atomic E-state index is 0.679. The lowest BCUT2D eigenvalue weighted by Gasteiger charge is -2.00. The molecule has 15 heavy (non-hydrogen) atoms. The van der Waals surface area contributed by atoms with E-state index in [1.165, 1.54) is 5.56 Å². The Labute approximate surface area is 95.4 Å². The van der Waals surface area contributed by atoms with Gasteiger partial charge in [0.2, 0.25) is 0 Å². The van der Waals surface area contributed by atoms with Gasteiger partial charge in [0.05, 0.1) is 12.2 Å². The first kappa shape index (κ1) is 10.4. The maximum atomic E-state index is 5.58. The molecule has 0 bridgehead atoms. The average Bonchev–Trinajstić information content (AvgIpc) is 2.73. The van der Waals surface area contributed by atoms with E-state index in [9.17, 15) is 0 Å². The van der Waals surface area contributed by atoms with Crippen molar-refractivity contribution in [2.75, 3.05) is 12.5 Å². The van der Waals surface area contributed by atoms with Crippen LogP contribution < -0.4 is 4.74 Å². The molecular weight excluding hydrogens is 208 g/mol. The Kier molecular flexibility index (Phi) is 3.53. The van der Waals surface area contributed by atoms with E-state index < -0.39 is 0 Å². The molecule has 0 fully saturated rings. The second-order valence-electron chi connectivity index (χ2n) is 3.49. The van der Waals surface area contributed by atoms with E-state index in [0.717, 1.165) is 37.2 Å². The molecule has 1 heterocycles. The maximum absolute atomic E-state index is 5.58. The molecule has 1 aromatic carbocycles. The number of unbranched alkanes of at least 4 members (excludes halogenated alkanes) is 1. The number of para-hydroxylation sites is 1. The Morgan fingerprint density at radius 3 is 3.20 bits per heavy atom. The predicted octanol–water partition coefficient (Wildman–Crippen LogP) is 2.99. The van der Waals surface area contributed by atoms with E-state index in [1.807, 2.05) is 12.1 Å². The van der Waals surface area contributed by atoms with Crippen LogP contribution in [0.15, 0.2) is 18.2 Å². The van der Waals surface area contributed by atoms with Gasteiger partial charge >= 0.3 is 0 Å². The molecule has 1 aromatic rings. The fraction of sp³-hybridized carbons (Fsp3) is 0.385. The van der Waals surface area contributed by atoms with E-state index in [-0.39, 0.29) is 0 Å². The zero-order valence-electron chi connectivity index (χ0n) is 8.55. The second-order valence-corrected chi connectivity index (χ2v) is 3.86. The van der Waals surface area contributed by atoms with Crippen molar-refractivity contribution in [2.24, 2.45) is 0 Å². The maximum Gasteiger partial charge on any atom is 0.138 e. The van der Waals surface area contributed by atoms with Crippen molar-refractivity contribution in [3.05, 3.63) is 29.3 Å². The Morgan fingerprint density at radius 1 is 1.40 bits per heavy atom. The minimum absolute atomic E-state index is 0.679. The number of ether oxygens (including phenoxy) is 1. The van der Waals surface area contributed by atoms with Gasteiger partial charge in [-0.3, -0.25) is 0 Å². The van der Waals surface area contributed by atoms with Crippen molar-refractivity contribution in [3.8, 4) is 17.6 Å². The molecule has 0 spiro atoms. The summed E-state index contributed by atoms with van der Waals surface area (Å²) in [6.45, 7) is 0.787. The molecule has 0 atom stereocenters. The van der Waals surface area contributed by atoms with Gasteiger partial charge < -0.3 is 4.74 Å². The third-order valence-corrected chi connectivity index (χ3v) is 2.64. The normalized spacial score (nSPS) is 12.6. The number of hydrogen-bond donors (Lipinski definition) is 0. The van der Waals surface area contributed by atoms with Gasteiger partial charge in [-0.25, -0.2) is 0 Å². The summed E-state index contributed by atoms with van der Waals surface area (Å²) in [4.78, 5) is 0. The Bertz CT molecular complexity index is 401. The second kappa shape index (κ2) is 5.09. The van der Waals surface area contributed by atoms with Crippen molar-refractivity contribution in [1.82, 2.24) is 0 Å². The number of alkyl halides is 1. The Hall–Kier alpha value is -1.13. The lowest BCUT2D eigenvalue weighted by atomic mass is 10.1. The molecule has 0 aromatic heterocycles. The van der Waals surface area contributed by atoms with Crippen LogP contribution in [0.5, 0.6) is 5.75 Å². The first-order valence-corrected chi connectivity index (χ1v) is 5.75. The smallest absolute Gasteiger partial charge is 0.138 e. The van der Waals surface area contributed by atoms with Gasteiger partial charge in [0, 0.05) is 18.7 Å². The van der Waals surface area contributed by atoms with E-state index >= 15 is 0 Å². The molecule has 0 saturated carbocycles. The third-order valence-electron chi connectivity index (χ3n) is 2.37. The molecule has 0 saturated heterocycles. The SMILES string of the molecule is ClCCCC#Cc1cccc2c1OCC2. The van der Waals surface area contributed by atoms with E-state index in [0.29, 0.717) is 5.88 Å². The molecule has 1 aliphatic heterocycles. The zero-order valence-corrected chi connectivity index (χ0v) is 9.31. The molecular formula is C13H13ClO. The van der Waals surface area contributed by atoms with Crippen molar-refractivity contribution in [1.29, 1.82) is 0 Å². The summed E-state index contributed by atoms with van der Waals surface area (Å²) in [6.07, 6.45) is 2.81. The summed E-state index contributed by atoms with van der Waals surface area (Å²) in [5.41, 5.74) is 2.29. The standard InChI is InChI=1S/C13H13ClO/c14-9-3-1-2-5-11-6-4-7-12-8-10-15-13(11)12/h4,6-7H,1,3,8-10H2. The fourth-order valence-corrected chi connectivity index (χ4v) is 1.76. The average molecular weight is 221 g/mol. The van der Waals surface area contributed by atoms with Gasteiger partial charge in [0.15, 0.2) is 0 Å². The van der Waals surface area contributed by atoms with Crippen LogP contribution in [-0.2, 0) is 6.42 Å². The summed E-state index contributed by atoms with van der Waals surface area (Å²) < 4.78 is 5.56. The van der Waals surface area contributed by atoms with Crippen LogP contribution in [0.3, 0.4) is 0 Å². The van der Waals surface area contributed by atoms with Crippen LogP contribution in [0.2, 0.25) is 0 Å². The van der Waals surface area contributed by atoms with Crippen LogP contribution in [0, 0.1) is 11.8 Å². The van der Waals surface area contributed by atoms with Crippen LogP contribution in [-0.4, -0.2) is 12.5 Å². The lowest BCUT2D eigenvalue weighted by molar-refractivity contribution is 0.356. The third kappa shape index (κ3) is 2.46. The quantitative estimate of drug-likeness (QED) is 0.423. The topological polar surface area (TPSA) is 9.23 Å². The van der Waals surface area contributed by atoms with Gasteiger partial charge in [-0.15, -0.1) is 11.6 Å². The van der Waals surface area contributed by atoms with Crippen LogP contribution in [0.25, 0.3) is 0 Å². The highest BCUT2D eigenvalue weighted by Crippen LogP contribution is 2.28. The molecule has 78 valence electrons. The van der Waals surface area contributed by atoms with Crippen molar-refractivity contribution >= 4 is 11.6 Å². The molecule has 0 aliphatic carbocycles. The summed E-state index contributed by atoms with van der Waals surface area (Å²) in [5, 5.41) is 0. The fourth-order valence-electron chi connectivity index (χ4n) is 1.63. The summed E-state index contributed by atoms with van der Waals surface area (Å²) in [6, 6.07) is 6.16. The van der Waals surface area contributed by atoms with Crippen molar-refractivity contribution < 1.29 is 4.74 Å². The first-order chi connectivity index (χ1) is 7.42. The molecule has 1 aliphatic rings. The molecule has 0 unspecified atom stereocenters. The van der Waals surface area contributed by atoms with E-state index in [1.54, 1.807) is 0 Å². The van der Waals surface area contributed by atoms with Gasteiger partial charge in [-0.1, -0.05) is 24.0 Å². The molecule has 2 heteroatoms. The van der Waals surface area contributed by atoms with Gasteiger partial charge in [-0.2, -0.15) is 0 Å². The minimum Gasteiger partial charge on any atom is -0.492 e. The Morgan fingerprint density at radius 2 is 2.33 bits per heavy atom. The highest BCUT2D eigenvalue weighted by molar-refractivity contribution is 6.17. The summed E-state index contributed by atoms with van der Waals surface area (Å²) in [7, 11) is 0. The number of benzene rings is 1. The Balaban J connectivity index is 2.14. The van der Waals surface area contributed by atoms with Crippen molar-refractivity contribution in [2.45, 2.75) is 19.3 Å². The number of rotatable bonds is 2. The summed E-state index contributed by atoms with van der Waals surface area (Å²) >= 11 is 5.58.